The van der Waals surface area contributed by atoms with Crippen molar-refractivity contribution in [2.75, 3.05) is 30.9 Å². The quantitative estimate of drug-likeness (QED) is 0.350. The first kappa shape index (κ1) is 18.0. The fourth-order valence-electron chi connectivity index (χ4n) is 2.38. The maximum atomic E-state index is 11.5. The van der Waals surface area contributed by atoms with Crippen LogP contribution < -0.4 is 10.6 Å². The van der Waals surface area contributed by atoms with Gasteiger partial charge in [0.25, 0.3) is 0 Å². The fourth-order valence-corrected chi connectivity index (χ4v) is 3.35. The van der Waals surface area contributed by atoms with Gasteiger partial charge in [0.1, 0.15) is 6.33 Å². The van der Waals surface area contributed by atoms with Crippen molar-refractivity contribution in [1.29, 1.82) is 0 Å². The summed E-state index contributed by atoms with van der Waals surface area (Å²) in [6.45, 7) is 3.07. The van der Waals surface area contributed by atoms with Crippen LogP contribution in [0.4, 0.5) is 22.5 Å². The van der Waals surface area contributed by atoms with Gasteiger partial charge in [-0.3, -0.25) is 10.1 Å². The monoisotopic (exact) mass is 374 g/mol. The lowest BCUT2D eigenvalue weighted by molar-refractivity contribution is -0.383. The third-order valence-electron chi connectivity index (χ3n) is 3.59. The van der Waals surface area contributed by atoms with E-state index in [0.29, 0.717) is 24.7 Å². The highest BCUT2D eigenvalue weighted by Crippen LogP contribution is 2.34. The molecule has 0 aliphatic carbocycles. The number of thiazole rings is 1. The van der Waals surface area contributed by atoms with E-state index in [2.05, 4.69) is 25.6 Å². The van der Waals surface area contributed by atoms with Gasteiger partial charge >= 0.3 is 5.69 Å². The number of nitrogens with one attached hydrogen (secondary N) is 2. The highest BCUT2D eigenvalue weighted by molar-refractivity contribution is 7.22. The fraction of sp³-hybridized carbons (Fsp3) is 0.312. The number of nitro groups is 1. The lowest BCUT2D eigenvalue weighted by Crippen LogP contribution is -2.10. The summed E-state index contributed by atoms with van der Waals surface area (Å²) in [4.78, 5) is 23.5. The van der Waals surface area contributed by atoms with Gasteiger partial charge < -0.3 is 15.4 Å². The second-order valence-electron chi connectivity index (χ2n) is 5.56. The van der Waals surface area contributed by atoms with Crippen molar-refractivity contribution < 1.29 is 9.66 Å². The predicted octanol–water partition coefficient (Wildman–Crippen LogP) is 3.49. The molecule has 2 heterocycles. The normalized spacial score (nSPS) is 10.8. The number of fused-ring (bicyclic) bond motifs is 1. The Morgan fingerprint density at radius 2 is 2.12 bits per heavy atom. The molecule has 0 fully saturated rings. The summed E-state index contributed by atoms with van der Waals surface area (Å²) in [6, 6.07) is 5.92. The minimum absolute atomic E-state index is 0.106. The summed E-state index contributed by atoms with van der Waals surface area (Å²) in [5.41, 5.74) is 1.75. The molecule has 1 aromatic carbocycles. The zero-order chi connectivity index (χ0) is 18.5. The zero-order valence-corrected chi connectivity index (χ0v) is 15.2. The van der Waals surface area contributed by atoms with Gasteiger partial charge in [0.2, 0.25) is 11.6 Å². The van der Waals surface area contributed by atoms with Crippen LogP contribution in [-0.4, -0.2) is 40.1 Å². The van der Waals surface area contributed by atoms with Gasteiger partial charge in [-0.05, 0) is 31.0 Å². The van der Waals surface area contributed by atoms with E-state index in [0.717, 1.165) is 15.8 Å². The van der Waals surface area contributed by atoms with Crippen LogP contribution in [0.15, 0.2) is 24.5 Å². The summed E-state index contributed by atoms with van der Waals surface area (Å²) in [5, 5.41) is 18.0. The van der Waals surface area contributed by atoms with Crippen molar-refractivity contribution in [1.82, 2.24) is 15.0 Å². The van der Waals surface area contributed by atoms with Gasteiger partial charge in [0.05, 0.1) is 15.1 Å². The molecule has 0 saturated heterocycles. The average Bonchev–Trinajstić information content (AvgIpc) is 3.00. The number of aromatic nitrogens is 3. The third-order valence-corrected chi connectivity index (χ3v) is 4.53. The Kier molecular flexibility index (Phi) is 5.54. The van der Waals surface area contributed by atoms with Crippen molar-refractivity contribution >= 4 is 44.0 Å². The number of ether oxygens (including phenoxy) is 1. The van der Waals surface area contributed by atoms with E-state index < -0.39 is 4.92 Å². The van der Waals surface area contributed by atoms with Crippen LogP contribution >= 0.6 is 11.3 Å². The van der Waals surface area contributed by atoms with E-state index in [4.69, 9.17) is 4.74 Å². The molecular formula is C16H18N6O3S. The van der Waals surface area contributed by atoms with Crippen molar-refractivity contribution in [3.05, 3.63) is 40.2 Å². The first-order valence-corrected chi connectivity index (χ1v) is 8.76. The van der Waals surface area contributed by atoms with Crippen molar-refractivity contribution in [2.45, 2.75) is 13.3 Å². The van der Waals surface area contributed by atoms with E-state index in [-0.39, 0.29) is 17.3 Å². The minimum atomic E-state index is -0.502. The maximum absolute atomic E-state index is 11.5. The van der Waals surface area contributed by atoms with Gasteiger partial charge in [0.15, 0.2) is 5.13 Å². The number of methoxy groups -OCH3 is 1. The standard InChI is InChI=1S/C16H18N6O3S/c1-10-4-5-11-12(8-10)26-16(20-11)21-15-13(22(23)24)14(18-9-19-15)17-6-3-7-25-2/h4-5,8-9H,3,6-7H2,1-2H3,(H2,17,18,19,20,21). The largest absolute Gasteiger partial charge is 0.385 e. The Labute approximate surface area is 153 Å². The zero-order valence-electron chi connectivity index (χ0n) is 14.4. The molecule has 0 spiro atoms. The van der Waals surface area contributed by atoms with Crippen molar-refractivity contribution in [2.24, 2.45) is 0 Å². The van der Waals surface area contributed by atoms with Crippen molar-refractivity contribution in [3.63, 3.8) is 0 Å². The van der Waals surface area contributed by atoms with Crippen LogP contribution in [0.5, 0.6) is 0 Å². The Hall–Kier alpha value is -2.85. The van der Waals surface area contributed by atoms with Gasteiger partial charge in [-0.15, -0.1) is 0 Å². The van der Waals surface area contributed by atoms with Crippen LogP contribution in [-0.2, 0) is 4.74 Å². The molecule has 0 amide bonds. The van der Waals surface area contributed by atoms with Gasteiger partial charge in [0, 0.05) is 20.3 Å². The molecule has 3 aromatic rings. The topological polar surface area (TPSA) is 115 Å². The summed E-state index contributed by atoms with van der Waals surface area (Å²) in [7, 11) is 1.61. The number of benzene rings is 1. The van der Waals surface area contributed by atoms with Gasteiger partial charge in [-0.25, -0.2) is 15.0 Å². The second-order valence-corrected chi connectivity index (χ2v) is 6.60. The Morgan fingerprint density at radius 3 is 2.88 bits per heavy atom. The number of rotatable bonds is 8. The Morgan fingerprint density at radius 1 is 1.31 bits per heavy atom. The number of aryl methyl sites for hydroxylation is 1. The summed E-state index contributed by atoms with van der Waals surface area (Å²) in [5.74, 6) is 0.274. The molecule has 2 aromatic heterocycles. The van der Waals surface area contributed by atoms with Crippen LogP contribution in [0.1, 0.15) is 12.0 Å². The first-order valence-electron chi connectivity index (χ1n) is 7.95. The van der Waals surface area contributed by atoms with Crippen molar-refractivity contribution in [3.8, 4) is 0 Å². The Bertz CT molecular complexity index is 929. The minimum Gasteiger partial charge on any atom is -0.385 e. The number of nitrogens with zero attached hydrogens (tertiary/aromatic N) is 4. The van der Waals surface area contributed by atoms with Crippen LogP contribution in [0, 0.1) is 17.0 Å². The van der Waals surface area contributed by atoms with Gasteiger partial charge in [-0.2, -0.15) is 0 Å². The molecule has 2 N–H and O–H groups in total. The highest BCUT2D eigenvalue weighted by Gasteiger charge is 2.23. The molecule has 9 nitrogen and oxygen atoms in total. The lowest BCUT2D eigenvalue weighted by atomic mass is 10.2. The summed E-state index contributed by atoms with van der Waals surface area (Å²) < 4.78 is 5.97. The predicted molar refractivity (Wildman–Crippen MR) is 101 cm³/mol. The molecule has 0 saturated carbocycles. The number of anilines is 3. The molecule has 0 radical (unpaired) electrons. The van der Waals surface area contributed by atoms with Crippen LogP contribution in [0.3, 0.4) is 0 Å². The molecule has 0 unspecified atom stereocenters. The molecule has 0 aliphatic heterocycles. The summed E-state index contributed by atoms with van der Waals surface area (Å²) in [6.07, 6.45) is 1.99. The molecular weight excluding hydrogens is 356 g/mol. The number of hydrogen-bond acceptors (Lipinski definition) is 9. The van der Waals surface area contributed by atoms with E-state index >= 15 is 0 Å². The van der Waals surface area contributed by atoms with E-state index in [1.807, 2.05) is 25.1 Å². The highest BCUT2D eigenvalue weighted by atomic mass is 32.1. The molecule has 136 valence electrons. The molecule has 0 atom stereocenters. The van der Waals surface area contributed by atoms with Crippen LogP contribution in [0.2, 0.25) is 0 Å². The van der Waals surface area contributed by atoms with E-state index in [9.17, 15) is 10.1 Å². The molecule has 10 heteroatoms. The molecule has 3 rings (SSSR count). The Balaban J connectivity index is 1.86. The second kappa shape index (κ2) is 8.02. The lowest BCUT2D eigenvalue weighted by Gasteiger charge is -2.08. The smallest absolute Gasteiger partial charge is 0.353 e. The molecule has 0 bridgehead atoms. The third kappa shape index (κ3) is 4.03. The summed E-state index contributed by atoms with van der Waals surface area (Å²) >= 11 is 1.41. The van der Waals surface area contributed by atoms with E-state index in [1.165, 1.54) is 17.7 Å². The van der Waals surface area contributed by atoms with Crippen LogP contribution in [0.25, 0.3) is 10.2 Å². The number of hydrogen-bond donors (Lipinski definition) is 2. The first-order chi connectivity index (χ1) is 12.6. The SMILES string of the molecule is COCCCNc1ncnc(Nc2nc3ccc(C)cc3s2)c1[N+](=O)[O-]. The molecule has 0 aliphatic rings. The van der Waals surface area contributed by atoms with Gasteiger partial charge in [-0.1, -0.05) is 17.4 Å². The maximum Gasteiger partial charge on any atom is 0.353 e. The average molecular weight is 374 g/mol. The molecule has 26 heavy (non-hydrogen) atoms. The van der Waals surface area contributed by atoms with E-state index in [1.54, 1.807) is 7.11 Å².